The van der Waals surface area contributed by atoms with Gasteiger partial charge in [0.2, 0.25) is 0 Å². The first-order chi connectivity index (χ1) is 8.99. The topological polar surface area (TPSA) is 103 Å². The van der Waals surface area contributed by atoms with Crippen molar-refractivity contribution in [3.63, 3.8) is 0 Å². The lowest BCUT2D eigenvalue weighted by Crippen LogP contribution is -2.05. The van der Waals surface area contributed by atoms with E-state index in [9.17, 15) is 8.42 Å². The molecule has 0 aliphatic heterocycles. The van der Waals surface area contributed by atoms with E-state index in [-0.39, 0.29) is 10.6 Å². The molecular weight excluding hydrogens is 266 g/mol. The van der Waals surface area contributed by atoms with Gasteiger partial charge >= 0.3 is 10.1 Å². The van der Waals surface area contributed by atoms with Crippen molar-refractivity contribution >= 4 is 15.8 Å². The second-order valence-corrected chi connectivity index (χ2v) is 5.14. The number of allylic oxidation sites excluding steroid dienone is 5. The molecule has 0 saturated carbocycles. The first kappa shape index (κ1) is 14.7. The third-order valence-electron chi connectivity index (χ3n) is 2.17. The first-order valence-electron chi connectivity index (χ1n) is 5.34. The molecule has 0 saturated heterocycles. The molecular formula is C12H11N3O3S. The molecule has 0 aromatic rings. The summed E-state index contributed by atoms with van der Waals surface area (Å²) in [6.07, 6.45) is 6.65. The molecule has 6 nitrogen and oxygen atoms in total. The largest absolute Gasteiger partial charge is 0.358 e. The van der Waals surface area contributed by atoms with Crippen molar-refractivity contribution in [3.05, 3.63) is 34.8 Å². The van der Waals surface area contributed by atoms with E-state index in [0.29, 0.717) is 18.4 Å². The summed E-state index contributed by atoms with van der Waals surface area (Å²) in [4.78, 5) is -0.0461. The number of rotatable bonds is 3. The molecule has 19 heavy (non-hydrogen) atoms. The minimum atomic E-state index is -4.03. The van der Waals surface area contributed by atoms with Gasteiger partial charge in [-0.05, 0) is 19.4 Å². The molecule has 98 valence electrons. The SMILES string of the molecule is C/C(C#N)=N/OS(=O)(=O)C1=CC/C=C(/C#N)CC=C1. The quantitative estimate of drug-likeness (QED) is 0.579. The van der Waals surface area contributed by atoms with Gasteiger partial charge in [-0.3, -0.25) is 4.28 Å². The Kier molecular flexibility index (Phi) is 5.04. The monoisotopic (exact) mass is 277 g/mol. The van der Waals surface area contributed by atoms with E-state index in [0.717, 1.165) is 0 Å². The zero-order chi connectivity index (χ0) is 14.3. The molecule has 0 radical (unpaired) electrons. The van der Waals surface area contributed by atoms with E-state index in [1.54, 1.807) is 18.2 Å². The Balaban J connectivity index is 2.95. The van der Waals surface area contributed by atoms with Crippen molar-refractivity contribution in [2.24, 2.45) is 5.16 Å². The number of oxime groups is 1. The molecule has 0 fully saturated rings. The molecule has 7 heteroatoms. The highest BCUT2D eigenvalue weighted by Gasteiger charge is 2.17. The Labute approximate surface area is 111 Å². The van der Waals surface area contributed by atoms with Crippen LogP contribution in [0.1, 0.15) is 19.8 Å². The van der Waals surface area contributed by atoms with Gasteiger partial charge in [-0.1, -0.05) is 23.4 Å². The van der Waals surface area contributed by atoms with Crippen LogP contribution in [0.3, 0.4) is 0 Å². The van der Waals surface area contributed by atoms with E-state index >= 15 is 0 Å². The highest BCUT2D eigenvalue weighted by atomic mass is 32.2. The van der Waals surface area contributed by atoms with E-state index < -0.39 is 10.1 Å². The van der Waals surface area contributed by atoms with Crippen LogP contribution in [0.2, 0.25) is 0 Å². The first-order valence-corrected chi connectivity index (χ1v) is 6.74. The number of nitrogens with zero attached hydrogens (tertiary/aromatic N) is 3. The molecule has 0 unspecified atom stereocenters. The summed E-state index contributed by atoms with van der Waals surface area (Å²) >= 11 is 0. The van der Waals surface area contributed by atoms with Gasteiger partial charge in [0.25, 0.3) is 0 Å². The molecule has 0 heterocycles. The van der Waals surface area contributed by atoms with Gasteiger partial charge in [-0.2, -0.15) is 18.9 Å². The fourth-order valence-electron chi connectivity index (χ4n) is 1.22. The predicted octanol–water partition coefficient (Wildman–Crippen LogP) is 1.92. The average molecular weight is 277 g/mol. The van der Waals surface area contributed by atoms with Gasteiger partial charge in [-0.25, -0.2) is 0 Å². The highest BCUT2D eigenvalue weighted by Crippen LogP contribution is 2.17. The minimum absolute atomic E-state index is 0.0461. The van der Waals surface area contributed by atoms with Crippen LogP contribution in [0, 0.1) is 22.7 Å². The molecule has 0 aromatic carbocycles. The van der Waals surface area contributed by atoms with Gasteiger partial charge in [0.1, 0.15) is 11.0 Å². The maximum atomic E-state index is 11.8. The Bertz CT molecular complexity index is 655. The maximum absolute atomic E-state index is 11.8. The van der Waals surface area contributed by atoms with Crippen LogP contribution in [0.25, 0.3) is 0 Å². The molecule has 0 amide bonds. The zero-order valence-electron chi connectivity index (χ0n) is 10.2. The molecule has 0 bridgehead atoms. The molecule has 0 N–H and O–H groups in total. The van der Waals surface area contributed by atoms with E-state index in [4.69, 9.17) is 10.5 Å². The number of hydrogen-bond donors (Lipinski definition) is 0. The van der Waals surface area contributed by atoms with Crippen molar-refractivity contribution in [1.29, 1.82) is 10.5 Å². The molecule has 0 atom stereocenters. The van der Waals surface area contributed by atoms with Gasteiger partial charge in [0.05, 0.1) is 6.07 Å². The molecule has 0 aromatic heterocycles. The summed E-state index contributed by atoms with van der Waals surface area (Å²) < 4.78 is 28.0. The van der Waals surface area contributed by atoms with Gasteiger partial charge in [0.15, 0.2) is 5.71 Å². The van der Waals surface area contributed by atoms with E-state index in [1.807, 2.05) is 6.07 Å². The van der Waals surface area contributed by atoms with Crippen LogP contribution in [0.4, 0.5) is 0 Å². The number of hydrogen-bond acceptors (Lipinski definition) is 6. The lowest BCUT2D eigenvalue weighted by molar-refractivity contribution is 0.344. The smallest absolute Gasteiger partial charge is 0.264 e. The second-order valence-electron chi connectivity index (χ2n) is 3.61. The van der Waals surface area contributed by atoms with Crippen molar-refractivity contribution in [1.82, 2.24) is 0 Å². The maximum Gasteiger partial charge on any atom is 0.358 e. The van der Waals surface area contributed by atoms with Crippen molar-refractivity contribution in [2.75, 3.05) is 0 Å². The molecule has 1 aliphatic carbocycles. The Morgan fingerprint density at radius 3 is 2.79 bits per heavy atom. The van der Waals surface area contributed by atoms with Crippen molar-refractivity contribution in [3.8, 4) is 12.1 Å². The van der Waals surface area contributed by atoms with Crippen LogP contribution >= 0.6 is 0 Å². The fraction of sp³-hybridized carbons (Fsp3) is 0.250. The summed E-state index contributed by atoms with van der Waals surface area (Å²) in [5.74, 6) is 0. The third kappa shape index (κ3) is 4.41. The van der Waals surface area contributed by atoms with Crippen LogP contribution < -0.4 is 0 Å². The summed E-state index contributed by atoms with van der Waals surface area (Å²) in [6, 6.07) is 3.67. The van der Waals surface area contributed by atoms with Crippen molar-refractivity contribution < 1.29 is 12.7 Å². The van der Waals surface area contributed by atoms with Gasteiger partial charge in [0, 0.05) is 12.0 Å². The molecule has 0 spiro atoms. The highest BCUT2D eigenvalue weighted by molar-refractivity contribution is 7.90. The Hall–Kier alpha value is -2.38. The van der Waals surface area contributed by atoms with Crippen LogP contribution in [0.5, 0.6) is 0 Å². The summed E-state index contributed by atoms with van der Waals surface area (Å²) in [6.45, 7) is 1.33. The summed E-state index contributed by atoms with van der Waals surface area (Å²) in [7, 11) is -4.03. The van der Waals surface area contributed by atoms with Gasteiger partial charge in [-0.15, -0.1) is 0 Å². The summed E-state index contributed by atoms with van der Waals surface area (Å²) in [5.41, 5.74) is 0.480. The second kappa shape index (κ2) is 6.53. The standard InChI is InChI=1S/C12H11N3O3S/c1-10(8-13)15-18-19(16,17)12-6-2-4-11(9-14)5-3-7-12/h2,5-7H,3-4H2,1H3/b6-2?,11-5+,12-7?,15-10-. The summed E-state index contributed by atoms with van der Waals surface area (Å²) in [5, 5.41) is 20.4. The third-order valence-corrected chi connectivity index (χ3v) is 3.32. The Morgan fingerprint density at radius 2 is 2.16 bits per heavy atom. The fourth-order valence-corrected chi connectivity index (χ4v) is 2.08. The minimum Gasteiger partial charge on any atom is -0.264 e. The van der Waals surface area contributed by atoms with Crippen LogP contribution in [0.15, 0.2) is 39.9 Å². The van der Waals surface area contributed by atoms with Crippen LogP contribution in [-0.2, 0) is 14.4 Å². The lowest BCUT2D eigenvalue weighted by Gasteiger charge is -2.04. The van der Waals surface area contributed by atoms with Crippen molar-refractivity contribution in [2.45, 2.75) is 19.8 Å². The predicted molar refractivity (Wildman–Crippen MR) is 68.9 cm³/mol. The zero-order valence-corrected chi connectivity index (χ0v) is 11.0. The van der Waals surface area contributed by atoms with Gasteiger partial charge < -0.3 is 0 Å². The van der Waals surface area contributed by atoms with E-state index in [1.165, 1.54) is 19.1 Å². The average Bonchev–Trinajstić information content (AvgIpc) is 2.35. The number of nitriles is 2. The van der Waals surface area contributed by atoms with E-state index in [2.05, 4.69) is 9.44 Å². The van der Waals surface area contributed by atoms with Crippen LogP contribution in [-0.4, -0.2) is 14.1 Å². The lowest BCUT2D eigenvalue weighted by atomic mass is 10.1. The normalized spacial score (nSPS) is 19.0. The molecule has 1 aliphatic rings. The molecule has 1 rings (SSSR count). The Morgan fingerprint density at radius 1 is 1.42 bits per heavy atom.